The fourth-order valence-electron chi connectivity index (χ4n) is 1.63. The highest BCUT2D eigenvalue weighted by Gasteiger charge is 2.23. The van der Waals surface area contributed by atoms with Gasteiger partial charge in [0.05, 0.1) is 0 Å². The van der Waals surface area contributed by atoms with Crippen LogP contribution in [0.25, 0.3) is 0 Å². The van der Waals surface area contributed by atoms with Crippen molar-refractivity contribution < 1.29 is 0 Å². The van der Waals surface area contributed by atoms with Crippen LogP contribution in [0.4, 0.5) is 0 Å². The van der Waals surface area contributed by atoms with Crippen LogP contribution >= 0.6 is 12.2 Å². The number of aromatic amines is 1. The summed E-state index contributed by atoms with van der Waals surface area (Å²) in [5, 5.41) is 0. The van der Waals surface area contributed by atoms with Crippen LogP contribution in [-0.2, 0) is 6.54 Å². The molecular formula is C10H16N2S. The molecule has 1 heterocycles. The van der Waals surface area contributed by atoms with Crippen LogP contribution in [0.15, 0.2) is 6.20 Å². The van der Waals surface area contributed by atoms with Crippen molar-refractivity contribution in [1.29, 1.82) is 0 Å². The zero-order valence-electron chi connectivity index (χ0n) is 8.21. The molecular weight excluding hydrogens is 180 g/mol. The fourth-order valence-corrected chi connectivity index (χ4v) is 1.87. The first kappa shape index (κ1) is 9.00. The van der Waals surface area contributed by atoms with Crippen molar-refractivity contribution in [2.75, 3.05) is 0 Å². The average Bonchev–Trinajstić information content (AvgIpc) is 2.78. The number of aromatic nitrogens is 2. The van der Waals surface area contributed by atoms with Gasteiger partial charge in [0, 0.05) is 18.4 Å². The number of hydrogen-bond donors (Lipinski definition) is 1. The predicted molar refractivity (Wildman–Crippen MR) is 56.4 cm³/mol. The summed E-state index contributed by atoms with van der Waals surface area (Å²) in [6.07, 6.45) is 4.81. The van der Waals surface area contributed by atoms with Crippen LogP contribution in [0.5, 0.6) is 0 Å². The predicted octanol–water partition coefficient (Wildman–Crippen LogP) is 3.08. The Bertz CT molecular complexity index is 344. The van der Waals surface area contributed by atoms with Gasteiger partial charge in [-0.05, 0) is 36.9 Å². The topological polar surface area (TPSA) is 20.7 Å². The van der Waals surface area contributed by atoms with Gasteiger partial charge in [0.1, 0.15) is 0 Å². The normalized spacial score (nSPS) is 16.8. The number of imidazole rings is 1. The molecule has 1 aliphatic rings. The van der Waals surface area contributed by atoms with Crippen molar-refractivity contribution in [3.05, 3.63) is 16.7 Å². The molecule has 0 spiro atoms. The molecule has 72 valence electrons. The largest absolute Gasteiger partial charge is 0.337 e. The van der Waals surface area contributed by atoms with Gasteiger partial charge in [0.2, 0.25) is 0 Å². The zero-order valence-corrected chi connectivity index (χ0v) is 9.03. The molecule has 0 radical (unpaired) electrons. The van der Waals surface area contributed by atoms with Crippen LogP contribution in [0.2, 0.25) is 0 Å². The number of hydrogen-bond acceptors (Lipinski definition) is 1. The van der Waals surface area contributed by atoms with E-state index >= 15 is 0 Å². The third-order valence-corrected chi connectivity index (χ3v) is 2.97. The molecule has 1 saturated carbocycles. The summed E-state index contributed by atoms with van der Waals surface area (Å²) < 4.78 is 3.15. The van der Waals surface area contributed by atoms with E-state index in [1.807, 2.05) is 0 Å². The second-order valence-electron chi connectivity index (χ2n) is 4.23. The smallest absolute Gasteiger partial charge is 0.177 e. The molecule has 1 aromatic rings. The van der Waals surface area contributed by atoms with E-state index in [1.54, 1.807) is 0 Å². The van der Waals surface area contributed by atoms with Crippen LogP contribution in [-0.4, -0.2) is 9.55 Å². The third kappa shape index (κ3) is 1.85. The van der Waals surface area contributed by atoms with E-state index in [0.29, 0.717) is 5.92 Å². The molecule has 1 fully saturated rings. The van der Waals surface area contributed by atoms with Crippen LogP contribution in [0, 0.1) is 10.7 Å². The Morgan fingerprint density at radius 2 is 2.31 bits per heavy atom. The molecule has 1 aromatic heterocycles. The van der Waals surface area contributed by atoms with Crippen molar-refractivity contribution in [3.8, 4) is 0 Å². The van der Waals surface area contributed by atoms with Crippen LogP contribution in [0.1, 0.15) is 38.3 Å². The second kappa shape index (κ2) is 3.29. The van der Waals surface area contributed by atoms with Gasteiger partial charge < -0.3 is 9.55 Å². The van der Waals surface area contributed by atoms with E-state index in [4.69, 9.17) is 12.2 Å². The monoisotopic (exact) mass is 196 g/mol. The minimum absolute atomic E-state index is 0.562. The van der Waals surface area contributed by atoms with E-state index in [-0.39, 0.29) is 0 Å². The Balaban J connectivity index is 2.28. The molecule has 0 saturated heterocycles. The number of H-pyrrole nitrogens is 1. The first-order valence-electron chi connectivity index (χ1n) is 4.96. The quantitative estimate of drug-likeness (QED) is 0.737. The number of nitrogens with zero attached hydrogens (tertiary/aromatic N) is 1. The van der Waals surface area contributed by atoms with E-state index in [0.717, 1.165) is 17.2 Å². The summed E-state index contributed by atoms with van der Waals surface area (Å²) in [6.45, 7) is 5.54. The van der Waals surface area contributed by atoms with Crippen molar-refractivity contribution in [2.45, 2.75) is 39.2 Å². The SMILES string of the molecule is CC(C)c1c[nH]c(=S)n1CC1CC1. The van der Waals surface area contributed by atoms with Gasteiger partial charge in [-0.25, -0.2) is 0 Å². The molecule has 0 bridgehead atoms. The van der Waals surface area contributed by atoms with Crippen molar-refractivity contribution in [2.24, 2.45) is 5.92 Å². The summed E-state index contributed by atoms with van der Waals surface area (Å²) in [5.41, 5.74) is 1.34. The van der Waals surface area contributed by atoms with Crippen molar-refractivity contribution in [3.63, 3.8) is 0 Å². The minimum Gasteiger partial charge on any atom is -0.337 e. The van der Waals surface area contributed by atoms with Gasteiger partial charge in [0.25, 0.3) is 0 Å². The number of rotatable bonds is 3. The average molecular weight is 196 g/mol. The molecule has 0 amide bonds. The Kier molecular flexibility index (Phi) is 2.28. The van der Waals surface area contributed by atoms with Gasteiger partial charge in [-0.15, -0.1) is 0 Å². The van der Waals surface area contributed by atoms with E-state index in [2.05, 4.69) is 29.6 Å². The molecule has 1 aliphatic carbocycles. The molecule has 0 aromatic carbocycles. The highest BCUT2D eigenvalue weighted by molar-refractivity contribution is 7.71. The first-order chi connectivity index (χ1) is 6.18. The molecule has 13 heavy (non-hydrogen) atoms. The number of nitrogens with one attached hydrogen (secondary N) is 1. The zero-order chi connectivity index (χ0) is 9.42. The first-order valence-corrected chi connectivity index (χ1v) is 5.37. The lowest BCUT2D eigenvalue weighted by Gasteiger charge is -2.09. The van der Waals surface area contributed by atoms with Gasteiger partial charge >= 0.3 is 0 Å². The van der Waals surface area contributed by atoms with E-state index in [9.17, 15) is 0 Å². The molecule has 3 heteroatoms. The van der Waals surface area contributed by atoms with Crippen LogP contribution in [0.3, 0.4) is 0 Å². The molecule has 2 nitrogen and oxygen atoms in total. The maximum atomic E-state index is 5.25. The maximum absolute atomic E-state index is 5.25. The van der Waals surface area contributed by atoms with Gasteiger partial charge in [0.15, 0.2) is 4.77 Å². The lowest BCUT2D eigenvalue weighted by molar-refractivity contribution is 0.579. The van der Waals surface area contributed by atoms with Gasteiger partial charge in [-0.3, -0.25) is 0 Å². The highest BCUT2D eigenvalue weighted by atomic mass is 32.1. The third-order valence-electron chi connectivity index (χ3n) is 2.63. The second-order valence-corrected chi connectivity index (χ2v) is 4.61. The highest BCUT2D eigenvalue weighted by Crippen LogP contribution is 2.31. The maximum Gasteiger partial charge on any atom is 0.177 e. The summed E-state index contributed by atoms with van der Waals surface area (Å²) in [5.74, 6) is 1.45. The molecule has 1 N–H and O–H groups in total. The van der Waals surface area contributed by atoms with E-state index < -0.39 is 0 Å². The summed E-state index contributed by atoms with van der Waals surface area (Å²) in [7, 11) is 0. The van der Waals surface area contributed by atoms with Gasteiger partial charge in [-0.2, -0.15) is 0 Å². The molecule has 0 aliphatic heterocycles. The summed E-state index contributed by atoms with van der Waals surface area (Å²) >= 11 is 5.25. The molecule has 0 atom stereocenters. The Labute approximate surface area is 84.0 Å². The van der Waals surface area contributed by atoms with Crippen LogP contribution < -0.4 is 0 Å². The molecule has 2 rings (SSSR count). The Hall–Kier alpha value is -0.570. The van der Waals surface area contributed by atoms with Gasteiger partial charge in [-0.1, -0.05) is 13.8 Å². The summed E-state index contributed by atoms with van der Waals surface area (Å²) in [4.78, 5) is 3.13. The Morgan fingerprint density at radius 3 is 2.85 bits per heavy atom. The lowest BCUT2D eigenvalue weighted by atomic mass is 10.1. The Morgan fingerprint density at radius 1 is 1.62 bits per heavy atom. The summed E-state index contributed by atoms with van der Waals surface area (Å²) in [6, 6.07) is 0. The standard InChI is InChI=1S/C10H16N2S/c1-7(2)9-5-11-10(13)12(9)6-8-3-4-8/h5,7-8H,3-4,6H2,1-2H3,(H,11,13). The lowest BCUT2D eigenvalue weighted by Crippen LogP contribution is -2.05. The van der Waals surface area contributed by atoms with Crippen molar-refractivity contribution >= 4 is 12.2 Å². The fraction of sp³-hybridized carbons (Fsp3) is 0.700. The molecule has 0 unspecified atom stereocenters. The van der Waals surface area contributed by atoms with E-state index in [1.165, 1.54) is 18.5 Å². The minimum atomic E-state index is 0.562. The van der Waals surface area contributed by atoms with Crippen molar-refractivity contribution in [1.82, 2.24) is 9.55 Å².